The molecule has 8 heteroatoms. The summed E-state index contributed by atoms with van der Waals surface area (Å²) >= 11 is 1.04. The van der Waals surface area contributed by atoms with Gasteiger partial charge in [-0.25, -0.2) is 9.59 Å². The lowest BCUT2D eigenvalue weighted by Crippen LogP contribution is -2.24. The third-order valence-corrected chi connectivity index (χ3v) is 3.92. The van der Waals surface area contributed by atoms with Gasteiger partial charge < -0.3 is 15.6 Å². The summed E-state index contributed by atoms with van der Waals surface area (Å²) in [6, 6.07) is 3.56. The van der Waals surface area contributed by atoms with Crippen molar-refractivity contribution in [3.8, 4) is 0 Å². The van der Waals surface area contributed by atoms with Gasteiger partial charge in [-0.3, -0.25) is 9.98 Å². The highest BCUT2D eigenvalue weighted by molar-refractivity contribution is 8.15. The number of pyridine rings is 1. The van der Waals surface area contributed by atoms with Crippen molar-refractivity contribution in [1.29, 1.82) is 0 Å². The Morgan fingerprint density at radius 2 is 2.14 bits per heavy atom. The first-order chi connectivity index (χ1) is 10.5. The zero-order chi connectivity index (χ0) is 16.1. The molecule has 22 heavy (non-hydrogen) atoms. The van der Waals surface area contributed by atoms with Gasteiger partial charge in [-0.05, 0) is 24.6 Å². The summed E-state index contributed by atoms with van der Waals surface area (Å²) in [4.78, 5) is 31.5. The normalized spacial score (nSPS) is 19.5. The molecule has 3 N–H and O–H groups in total. The van der Waals surface area contributed by atoms with Gasteiger partial charge in [0.1, 0.15) is 10.6 Å². The van der Waals surface area contributed by atoms with Gasteiger partial charge in [-0.15, -0.1) is 0 Å². The molecule has 1 atom stereocenters. The van der Waals surface area contributed by atoms with E-state index in [-0.39, 0.29) is 29.3 Å². The molecule has 0 saturated carbocycles. The van der Waals surface area contributed by atoms with Crippen molar-refractivity contribution in [3.63, 3.8) is 0 Å². The van der Waals surface area contributed by atoms with Crippen LogP contribution in [0.15, 0.2) is 40.7 Å². The second kappa shape index (κ2) is 7.19. The smallest absolute Gasteiger partial charge is 0.339 e. The summed E-state index contributed by atoms with van der Waals surface area (Å²) in [6.45, 7) is 2.07. The first-order valence-electron chi connectivity index (χ1n) is 6.55. The molecule has 2 rings (SSSR count). The number of esters is 1. The summed E-state index contributed by atoms with van der Waals surface area (Å²) < 4.78 is 4.87. The molecule has 0 aromatic carbocycles. The minimum atomic E-state index is -1.24. The van der Waals surface area contributed by atoms with Crippen LogP contribution in [0, 0.1) is 0 Å². The molecule has 0 bridgehead atoms. The van der Waals surface area contributed by atoms with Gasteiger partial charge in [0.05, 0.1) is 24.1 Å². The maximum atomic E-state index is 11.9. The van der Waals surface area contributed by atoms with Gasteiger partial charge in [0.15, 0.2) is 0 Å². The Morgan fingerprint density at radius 3 is 2.73 bits per heavy atom. The van der Waals surface area contributed by atoms with Crippen LogP contribution in [0.4, 0.5) is 0 Å². The van der Waals surface area contributed by atoms with Crippen LogP contribution in [-0.4, -0.2) is 39.1 Å². The molecule has 0 aliphatic carbocycles. The van der Waals surface area contributed by atoms with Crippen LogP contribution in [0.25, 0.3) is 0 Å². The number of aliphatic imine (C=N–C) groups is 1. The lowest BCUT2D eigenvalue weighted by atomic mass is 10.1. The molecule has 1 aromatic heterocycles. The lowest BCUT2D eigenvalue weighted by molar-refractivity contribution is -0.139. The molecule has 0 spiro atoms. The van der Waals surface area contributed by atoms with Crippen molar-refractivity contribution < 1.29 is 19.4 Å². The number of rotatable bonds is 5. The van der Waals surface area contributed by atoms with E-state index >= 15 is 0 Å². The Labute approximate surface area is 131 Å². The number of carboxylic acid groups (broad SMARTS) is 1. The summed E-state index contributed by atoms with van der Waals surface area (Å²) in [5, 5.41) is 8.81. The molecular weight excluding hydrogens is 306 g/mol. The Kier molecular flexibility index (Phi) is 5.29. The van der Waals surface area contributed by atoms with E-state index in [9.17, 15) is 14.7 Å². The first-order valence-corrected chi connectivity index (χ1v) is 7.43. The van der Waals surface area contributed by atoms with Crippen molar-refractivity contribution in [2.45, 2.75) is 18.8 Å². The average Bonchev–Trinajstić information content (AvgIpc) is 2.83. The van der Waals surface area contributed by atoms with Crippen LogP contribution in [-0.2, 0) is 20.9 Å². The number of ether oxygens (including phenoxy) is 1. The third kappa shape index (κ3) is 3.52. The van der Waals surface area contributed by atoms with Gasteiger partial charge in [-0.1, -0.05) is 11.8 Å². The molecule has 2 heterocycles. The zero-order valence-corrected chi connectivity index (χ0v) is 12.7. The van der Waals surface area contributed by atoms with Crippen LogP contribution in [0.2, 0.25) is 0 Å². The highest BCUT2D eigenvalue weighted by Crippen LogP contribution is 2.33. The van der Waals surface area contributed by atoms with Crippen LogP contribution in [0.5, 0.6) is 0 Å². The van der Waals surface area contributed by atoms with E-state index in [1.165, 1.54) is 0 Å². The van der Waals surface area contributed by atoms with E-state index in [0.29, 0.717) is 0 Å². The largest absolute Gasteiger partial charge is 0.478 e. The number of carboxylic acids is 1. The van der Waals surface area contributed by atoms with Gasteiger partial charge in [-0.2, -0.15) is 0 Å². The highest BCUT2D eigenvalue weighted by Gasteiger charge is 2.38. The number of hydrogen-bond donors (Lipinski definition) is 2. The zero-order valence-electron chi connectivity index (χ0n) is 11.9. The average molecular weight is 321 g/mol. The number of aromatic nitrogens is 1. The first kappa shape index (κ1) is 16.2. The summed E-state index contributed by atoms with van der Waals surface area (Å²) in [6.07, 6.45) is 3.25. The second-order valence-electron chi connectivity index (χ2n) is 4.33. The van der Waals surface area contributed by atoms with Crippen molar-refractivity contribution in [1.82, 2.24) is 4.98 Å². The minimum Gasteiger partial charge on any atom is -0.478 e. The lowest BCUT2D eigenvalue weighted by Gasteiger charge is -2.06. The standard InChI is InChI=1S/C14H15N3O4S/c1-2-21-14(20)9-10(13(18)19)12(22-11(9)15)17-7-8-3-5-16-6-4-8/h3-6,11H,2,7,15H2,1H3,(H,18,19). The Balaban J connectivity index is 2.32. The molecule has 0 amide bonds. The summed E-state index contributed by atoms with van der Waals surface area (Å²) in [5.74, 6) is -1.95. The van der Waals surface area contributed by atoms with Gasteiger partial charge in [0.25, 0.3) is 0 Å². The second-order valence-corrected chi connectivity index (χ2v) is 5.46. The van der Waals surface area contributed by atoms with E-state index in [2.05, 4.69) is 9.98 Å². The van der Waals surface area contributed by atoms with Crippen molar-refractivity contribution in [2.24, 2.45) is 10.7 Å². The van der Waals surface area contributed by atoms with E-state index in [1.807, 2.05) is 0 Å². The van der Waals surface area contributed by atoms with Crippen LogP contribution < -0.4 is 5.73 Å². The quantitative estimate of drug-likeness (QED) is 0.776. The van der Waals surface area contributed by atoms with Gasteiger partial charge in [0.2, 0.25) is 0 Å². The number of hydrogen-bond acceptors (Lipinski definition) is 7. The van der Waals surface area contributed by atoms with E-state index < -0.39 is 17.3 Å². The molecule has 0 saturated heterocycles. The fourth-order valence-electron chi connectivity index (χ4n) is 1.90. The molecule has 0 radical (unpaired) electrons. The Hall–Kier alpha value is -2.19. The summed E-state index contributed by atoms with van der Waals surface area (Å²) in [7, 11) is 0. The molecular formula is C14H15N3O4S. The van der Waals surface area contributed by atoms with E-state index in [0.717, 1.165) is 17.3 Å². The minimum absolute atomic E-state index is 0.0483. The number of aliphatic carboxylic acids is 1. The number of nitrogens with two attached hydrogens (primary N) is 1. The third-order valence-electron chi connectivity index (χ3n) is 2.87. The summed E-state index contributed by atoms with van der Waals surface area (Å²) in [5.41, 5.74) is 6.50. The molecule has 1 aliphatic rings. The van der Waals surface area contributed by atoms with Gasteiger partial charge in [0, 0.05) is 12.4 Å². The topological polar surface area (TPSA) is 115 Å². The SMILES string of the molecule is CCOC(=O)C1=C(C(=O)O)C(=NCc2ccncc2)SC1N. The highest BCUT2D eigenvalue weighted by atomic mass is 32.2. The molecule has 116 valence electrons. The number of carbonyl (C=O) groups is 2. The van der Waals surface area contributed by atoms with Crippen molar-refractivity contribution in [2.75, 3.05) is 6.61 Å². The fourth-order valence-corrected chi connectivity index (χ4v) is 2.92. The molecule has 1 aliphatic heterocycles. The van der Waals surface area contributed by atoms with Gasteiger partial charge >= 0.3 is 11.9 Å². The number of thioether (sulfide) groups is 1. The monoisotopic (exact) mass is 321 g/mol. The number of nitrogens with zero attached hydrogens (tertiary/aromatic N) is 2. The fraction of sp³-hybridized carbons (Fsp3) is 0.286. The van der Waals surface area contributed by atoms with Crippen LogP contribution >= 0.6 is 11.8 Å². The van der Waals surface area contributed by atoms with Crippen molar-refractivity contribution in [3.05, 3.63) is 41.2 Å². The Morgan fingerprint density at radius 1 is 1.45 bits per heavy atom. The number of carbonyl (C=O) groups excluding carboxylic acids is 1. The maximum absolute atomic E-state index is 11.9. The Bertz CT molecular complexity index is 643. The maximum Gasteiger partial charge on any atom is 0.339 e. The predicted octanol–water partition coefficient (Wildman–Crippen LogP) is 0.956. The van der Waals surface area contributed by atoms with E-state index in [1.54, 1.807) is 31.5 Å². The van der Waals surface area contributed by atoms with Crippen molar-refractivity contribution >= 4 is 28.7 Å². The predicted molar refractivity (Wildman–Crippen MR) is 82.2 cm³/mol. The van der Waals surface area contributed by atoms with E-state index in [4.69, 9.17) is 10.5 Å². The molecule has 7 nitrogen and oxygen atoms in total. The molecule has 1 unspecified atom stereocenters. The molecule has 1 aromatic rings. The van der Waals surface area contributed by atoms with Crippen LogP contribution in [0.3, 0.4) is 0 Å². The van der Waals surface area contributed by atoms with Crippen LogP contribution in [0.1, 0.15) is 12.5 Å². The molecule has 0 fully saturated rings.